The highest BCUT2D eigenvalue weighted by Gasteiger charge is 2.07. The zero-order valence-electron chi connectivity index (χ0n) is 14.6. The van der Waals surface area contributed by atoms with Crippen molar-refractivity contribution >= 4 is 44.0 Å². The van der Waals surface area contributed by atoms with Gasteiger partial charge in [-0.2, -0.15) is 0 Å². The lowest BCUT2D eigenvalue weighted by atomic mass is 10.2. The van der Waals surface area contributed by atoms with Gasteiger partial charge in [0.25, 0.3) is 0 Å². The van der Waals surface area contributed by atoms with E-state index in [1.165, 1.54) is 6.33 Å². The van der Waals surface area contributed by atoms with E-state index < -0.39 is 0 Å². The van der Waals surface area contributed by atoms with E-state index in [4.69, 9.17) is 0 Å². The maximum absolute atomic E-state index is 4.41. The van der Waals surface area contributed by atoms with Gasteiger partial charge in [-0.15, -0.1) is 11.3 Å². The predicted octanol–water partition coefficient (Wildman–Crippen LogP) is 4.78. The average molecular weight is 379 g/mol. The van der Waals surface area contributed by atoms with Crippen molar-refractivity contribution in [2.45, 2.75) is 0 Å². The van der Waals surface area contributed by atoms with Crippen molar-refractivity contribution in [1.82, 2.24) is 19.9 Å². The molecule has 0 spiro atoms. The Bertz CT molecular complexity index is 1350. The summed E-state index contributed by atoms with van der Waals surface area (Å²) in [7, 11) is 0. The average Bonchev–Trinajstić information content (AvgIpc) is 3.21. The van der Waals surface area contributed by atoms with E-state index in [-0.39, 0.29) is 0 Å². The molecule has 0 radical (unpaired) electrons. The Morgan fingerprint density at radius 2 is 1.75 bits per heavy atom. The molecule has 132 valence electrons. The normalized spacial score (nSPS) is 10.6. The first kappa shape index (κ1) is 16.4. The molecule has 0 aliphatic rings. The quantitative estimate of drug-likeness (QED) is 0.447. The third-order valence-corrected chi connectivity index (χ3v) is 5.03. The van der Waals surface area contributed by atoms with Crippen molar-refractivity contribution in [3.63, 3.8) is 0 Å². The minimum atomic E-state index is 0.671. The fraction of sp³-hybridized carbons (Fsp3) is 0. The van der Waals surface area contributed by atoms with Crippen LogP contribution in [0.3, 0.4) is 0 Å². The maximum atomic E-state index is 4.41. The van der Waals surface area contributed by atoms with Crippen molar-refractivity contribution in [2.75, 3.05) is 5.32 Å². The van der Waals surface area contributed by atoms with Crippen molar-refractivity contribution < 1.29 is 0 Å². The SMILES string of the molecule is C(#Cc1cc2c(Nc3ccc4scnc4c3)ncnc2cn1)c1ccccc1. The molecule has 3 aromatic heterocycles. The van der Waals surface area contributed by atoms with E-state index >= 15 is 0 Å². The van der Waals surface area contributed by atoms with Gasteiger partial charge in [-0.05, 0) is 42.3 Å². The summed E-state index contributed by atoms with van der Waals surface area (Å²) < 4.78 is 1.15. The van der Waals surface area contributed by atoms with Crippen LogP contribution in [-0.2, 0) is 0 Å². The molecule has 5 aromatic rings. The van der Waals surface area contributed by atoms with E-state index in [1.54, 1.807) is 17.5 Å². The van der Waals surface area contributed by atoms with Crippen LogP contribution in [0.25, 0.3) is 21.1 Å². The van der Waals surface area contributed by atoms with Crippen LogP contribution in [0.2, 0.25) is 0 Å². The minimum Gasteiger partial charge on any atom is -0.340 e. The first-order chi connectivity index (χ1) is 13.8. The predicted molar refractivity (Wildman–Crippen MR) is 113 cm³/mol. The fourth-order valence-electron chi connectivity index (χ4n) is 2.86. The number of thiazole rings is 1. The summed E-state index contributed by atoms with van der Waals surface area (Å²) in [6, 6.07) is 17.8. The fourth-order valence-corrected chi connectivity index (χ4v) is 3.52. The molecule has 28 heavy (non-hydrogen) atoms. The van der Waals surface area contributed by atoms with Gasteiger partial charge in [0.05, 0.1) is 27.4 Å². The van der Waals surface area contributed by atoms with Crippen molar-refractivity contribution in [3.8, 4) is 11.8 Å². The number of anilines is 2. The molecule has 6 heteroatoms. The smallest absolute Gasteiger partial charge is 0.141 e. The molecule has 3 heterocycles. The first-order valence-electron chi connectivity index (χ1n) is 8.63. The van der Waals surface area contributed by atoms with Crippen molar-refractivity contribution in [1.29, 1.82) is 0 Å². The Kier molecular flexibility index (Phi) is 4.13. The first-order valence-corrected chi connectivity index (χ1v) is 9.51. The number of hydrogen-bond acceptors (Lipinski definition) is 6. The molecule has 2 aromatic carbocycles. The summed E-state index contributed by atoms with van der Waals surface area (Å²) >= 11 is 1.62. The van der Waals surface area contributed by atoms with Crippen LogP contribution < -0.4 is 5.32 Å². The number of nitrogens with zero attached hydrogens (tertiary/aromatic N) is 4. The largest absolute Gasteiger partial charge is 0.340 e. The van der Waals surface area contributed by atoms with Gasteiger partial charge in [0.15, 0.2) is 0 Å². The second-order valence-electron chi connectivity index (χ2n) is 6.08. The Balaban J connectivity index is 1.52. The second-order valence-corrected chi connectivity index (χ2v) is 6.97. The van der Waals surface area contributed by atoms with E-state index in [1.807, 2.05) is 54.0 Å². The lowest BCUT2D eigenvalue weighted by Crippen LogP contribution is -1.97. The van der Waals surface area contributed by atoms with Crippen LogP contribution in [0.1, 0.15) is 11.3 Å². The summed E-state index contributed by atoms with van der Waals surface area (Å²) in [6.07, 6.45) is 3.25. The van der Waals surface area contributed by atoms with E-state index in [2.05, 4.69) is 43.2 Å². The zero-order valence-corrected chi connectivity index (χ0v) is 15.4. The summed E-state index contributed by atoms with van der Waals surface area (Å²) in [6.45, 7) is 0. The van der Waals surface area contributed by atoms with Gasteiger partial charge in [-0.25, -0.2) is 19.9 Å². The third-order valence-electron chi connectivity index (χ3n) is 4.22. The number of rotatable bonds is 2. The number of fused-ring (bicyclic) bond motifs is 2. The lowest BCUT2D eigenvalue weighted by molar-refractivity contribution is 1.19. The summed E-state index contributed by atoms with van der Waals surface area (Å²) in [5.41, 5.74) is 6.11. The molecule has 0 saturated heterocycles. The second kappa shape index (κ2) is 7.06. The van der Waals surface area contributed by atoms with Gasteiger partial charge >= 0.3 is 0 Å². The molecule has 0 saturated carbocycles. The number of pyridine rings is 1. The van der Waals surface area contributed by atoms with E-state index in [9.17, 15) is 0 Å². The van der Waals surface area contributed by atoms with Gasteiger partial charge in [-0.1, -0.05) is 24.1 Å². The van der Waals surface area contributed by atoms with Crippen LogP contribution >= 0.6 is 11.3 Å². The highest BCUT2D eigenvalue weighted by Crippen LogP contribution is 2.26. The Morgan fingerprint density at radius 1 is 0.821 bits per heavy atom. The third kappa shape index (κ3) is 3.27. The Hall–Kier alpha value is -3.82. The summed E-state index contributed by atoms with van der Waals surface area (Å²) in [4.78, 5) is 17.5. The molecule has 0 fully saturated rings. The highest BCUT2D eigenvalue weighted by molar-refractivity contribution is 7.16. The van der Waals surface area contributed by atoms with Gasteiger partial charge in [0.2, 0.25) is 0 Å². The molecule has 0 bridgehead atoms. The number of nitrogens with one attached hydrogen (secondary N) is 1. The topological polar surface area (TPSA) is 63.6 Å². The molecule has 0 aliphatic carbocycles. The standard InChI is InChI=1S/C22H13N5S/c1-2-4-15(5-3-1)6-7-16-10-18-20(12-23-16)24-13-25-22(18)27-17-8-9-21-19(11-17)26-14-28-21/h1-5,8-14H,(H,24,25,27). The van der Waals surface area contributed by atoms with Gasteiger partial charge < -0.3 is 5.32 Å². The van der Waals surface area contributed by atoms with Gasteiger partial charge in [0, 0.05) is 16.6 Å². The van der Waals surface area contributed by atoms with Gasteiger partial charge in [0.1, 0.15) is 17.8 Å². The molecule has 0 amide bonds. The molecule has 5 rings (SSSR count). The lowest BCUT2D eigenvalue weighted by Gasteiger charge is -2.08. The van der Waals surface area contributed by atoms with Crippen LogP contribution in [0.4, 0.5) is 11.5 Å². The highest BCUT2D eigenvalue weighted by atomic mass is 32.1. The van der Waals surface area contributed by atoms with Crippen LogP contribution in [0.15, 0.2) is 72.6 Å². The monoisotopic (exact) mass is 379 g/mol. The molecule has 0 aliphatic heterocycles. The molecule has 0 atom stereocenters. The number of hydrogen-bond donors (Lipinski definition) is 1. The minimum absolute atomic E-state index is 0.671. The van der Waals surface area contributed by atoms with Crippen molar-refractivity contribution in [3.05, 3.63) is 83.9 Å². The zero-order chi connectivity index (χ0) is 18.8. The van der Waals surface area contributed by atoms with Crippen LogP contribution in [0.5, 0.6) is 0 Å². The molecule has 5 nitrogen and oxygen atoms in total. The summed E-state index contributed by atoms with van der Waals surface area (Å²) in [5.74, 6) is 6.96. The van der Waals surface area contributed by atoms with E-state index in [0.29, 0.717) is 11.5 Å². The van der Waals surface area contributed by atoms with Gasteiger partial charge in [-0.3, -0.25) is 0 Å². The molecule has 1 N–H and O–H groups in total. The van der Waals surface area contributed by atoms with Crippen LogP contribution in [0, 0.1) is 11.8 Å². The number of benzene rings is 2. The van der Waals surface area contributed by atoms with Crippen LogP contribution in [-0.4, -0.2) is 19.9 Å². The van der Waals surface area contributed by atoms with Crippen molar-refractivity contribution in [2.24, 2.45) is 0 Å². The molecular formula is C22H13N5S. The number of aromatic nitrogens is 4. The Labute approximate surface area is 165 Å². The van der Waals surface area contributed by atoms with E-state index in [0.717, 1.165) is 32.4 Å². The molecule has 0 unspecified atom stereocenters. The summed E-state index contributed by atoms with van der Waals surface area (Å²) in [5, 5.41) is 4.24. The maximum Gasteiger partial charge on any atom is 0.141 e. The molecular weight excluding hydrogens is 366 g/mol. The Morgan fingerprint density at radius 3 is 2.68 bits per heavy atom.